The molecule has 0 saturated carbocycles. The third-order valence-electron chi connectivity index (χ3n) is 6.40. The lowest BCUT2D eigenvalue weighted by Crippen LogP contribution is -2.66. The molecule has 0 radical (unpaired) electrons. The highest BCUT2D eigenvalue weighted by molar-refractivity contribution is 7.89. The molecule has 0 amide bonds. The molecule has 0 spiro atoms. The van der Waals surface area contributed by atoms with Crippen LogP contribution in [0.1, 0.15) is 31.4 Å². The molecule has 182 valence electrons. The van der Waals surface area contributed by atoms with E-state index in [-0.39, 0.29) is 15.8 Å². The summed E-state index contributed by atoms with van der Waals surface area (Å²) in [7, 11) is -3.71. The number of sulfonamides is 1. The molecule has 34 heavy (non-hydrogen) atoms. The van der Waals surface area contributed by atoms with Gasteiger partial charge >= 0.3 is 6.18 Å². The number of aliphatic hydroxyl groups excluding tert-OH is 1. The van der Waals surface area contributed by atoms with Crippen LogP contribution in [0.2, 0.25) is 0 Å². The molecule has 0 bridgehead atoms. The van der Waals surface area contributed by atoms with Crippen LogP contribution in [-0.2, 0) is 21.0 Å². The lowest BCUT2D eigenvalue weighted by Gasteiger charge is -2.49. The van der Waals surface area contributed by atoms with Crippen LogP contribution in [0, 0.1) is 5.82 Å². The maximum Gasteiger partial charge on any atom is 0.414 e. The zero-order valence-corrected chi connectivity index (χ0v) is 19.4. The maximum atomic E-state index is 14.9. The molecule has 1 aliphatic rings. The Morgan fingerprint density at radius 3 is 2.35 bits per heavy atom. The van der Waals surface area contributed by atoms with Crippen LogP contribution < -0.4 is 9.46 Å². The van der Waals surface area contributed by atoms with Crippen LogP contribution in [-0.4, -0.2) is 32.9 Å². The number of hydrogen-bond acceptors (Lipinski definition) is 4. The van der Waals surface area contributed by atoms with Crippen molar-refractivity contribution in [2.75, 3.05) is 7.11 Å². The summed E-state index contributed by atoms with van der Waals surface area (Å²) < 4.78 is 92.9. The Hall–Kier alpha value is -2.69. The number of rotatable bonds is 4. The number of halogens is 4. The number of ether oxygens (including phenoxy) is 1. The first kappa shape index (κ1) is 24.4. The molecule has 0 aliphatic heterocycles. The summed E-state index contributed by atoms with van der Waals surface area (Å²) in [6.45, 7) is 3.08. The van der Waals surface area contributed by atoms with Gasteiger partial charge in [-0.25, -0.2) is 12.8 Å². The van der Waals surface area contributed by atoms with Gasteiger partial charge in [-0.3, -0.25) is 0 Å². The fourth-order valence-electron chi connectivity index (χ4n) is 4.89. The molecule has 3 aromatic rings. The SMILES string of the molecule is COc1c(F)ccc2c1C(C)(C)CC(O)C2(NS(=O)(=O)c1cccc2ccccc12)C(F)(F)F. The minimum absolute atomic E-state index is 0.154. The smallest absolute Gasteiger partial charge is 0.414 e. The second kappa shape index (κ2) is 7.93. The number of hydrogen-bond donors (Lipinski definition) is 2. The van der Waals surface area contributed by atoms with E-state index in [0.717, 1.165) is 19.2 Å². The molecular weight excluding hydrogens is 474 g/mol. The van der Waals surface area contributed by atoms with Crippen molar-refractivity contribution in [3.8, 4) is 5.75 Å². The fourth-order valence-corrected chi connectivity index (χ4v) is 6.52. The topological polar surface area (TPSA) is 75.6 Å². The molecule has 2 N–H and O–H groups in total. The van der Waals surface area contributed by atoms with Crippen molar-refractivity contribution < 1.29 is 35.8 Å². The second-order valence-corrected chi connectivity index (χ2v) is 10.6. The molecule has 10 heteroatoms. The van der Waals surface area contributed by atoms with Gasteiger partial charge in [0.2, 0.25) is 10.0 Å². The van der Waals surface area contributed by atoms with E-state index >= 15 is 0 Å². The maximum absolute atomic E-state index is 14.9. The molecule has 0 aromatic heterocycles. The average Bonchev–Trinajstić information content (AvgIpc) is 2.75. The zero-order valence-electron chi connectivity index (χ0n) is 18.6. The third-order valence-corrected chi connectivity index (χ3v) is 7.93. The van der Waals surface area contributed by atoms with E-state index in [0.29, 0.717) is 5.39 Å². The Morgan fingerprint density at radius 2 is 1.71 bits per heavy atom. The van der Waals surface area contributed by atoms with Gasteiger partial charge in [0.15, 0.2) is 17.1 Å². The van der Waals surface area contributed by atoms with Crippen molar-refractivity contribution in [2.45, 2.75) is 48.4 Å². The highest BCUT2D eigenvalue weighted by Crippen LogP contribution is 2.55. The lowest BCUT2D eigenvalue weighted by molar-refractivity contribution is -0.228. The lowest BCUT2D eigenvalue weighted by atomic mass is 9.63. The normalized spacial score (nSPS) is 22.4. The minimum atomic E-state index is -5.28. The Balaban J connectivity index is 2.02. The van der Waals surface area contributed by atoms with Crippen LogP contribution >= 0.6 is 0 Å². The first-order valence-electron chi connectivity index (χ1n) is 10.4. The first-order valence-corrected chi connectivity index (χ1v) is 11.9. The van der Waals surface area contributed by atoms with E-state index in [4.69, 9.17) is 4.74 Å². The second-order valence-electron chi connectivity index (χ2n) is 9.00. The van der Waals surface area contributed by atoms with Gasteiger partial charge in [-0.1, -0.05) is 56.3 Å². The van der Waals surface area contributed by atoms with Gasteiger partial charge in [0, 0.05) is 10.9 Å². The Bertz CT molecular complexity index is 1370. The highest BCUT2D eigenvalue weighted by atomic mass is 32.2. The molecule has 2 unspecified atom stereocenters. The van der Waals surface area contributed by atoms with Gasteiger partial charge in [0.1, 0.15) is 0 Å². The summed E-state index contributed by atoms with van der Waals surface area (Å²) in [6, 6.07) is 12.2. The third kappa shape index (κ3) is 3.55. The molecule has 0 heterocycles. The van der Waals surface area contributed by atoms with Gasteiger partial charge in [-0.15, -0.1) is 0 Å². The molecule has 0 saturated heterocycles. The first-order chi connectivity index (χ1) is 15.8. The van der Waals surface area contributed by atoms with Crippen molar-refractivity contribution >= 4 is 20.8 Å². The van der Waals surface area contributed by atoms with Gasteiger partial charge in [-0.2, -0.15) is 17.9 Å². The number of methoxy groups -OCH3 is 1. The van der Waals surface area contributed by atoms with Crippen molar-refractivity contribution in [3.63, 3.8) is 0 Å². The largest absolute Gasteiger partial charge is 0.493 e. The quantitative estimate of drug-likeness (QED) is 0.510. The van der Waals surface area contributed by atoms with Crippen molar-refractivity contribution in [1.82, 2.24) is 4.72 Å². The van der Waals surface area contributed by atoms with E-state index in [1.54, 1.807) is 29.0 Å². The molecule has 1 aliphatic carbocycles. The highest BCUT2D eigenvalue weighted by Gasteiger charge is 2.66. The van der Waals surface area contributed by atoms with Crippen LogP contribution in [0.5, 0.6) is 5.75 Å². The molecule has 2 atom stereocenters. The predicted octanol–water partition coefficient (Wildman–Crippen LogP) is 4.77. The standard InChI is InChI=1S/C24H23F4NO4S/c1-22(2)13-19(30)23(24(26,27)28,16-11-12-17(25)21(33-3)20(16)22)29-34(31,32)18-10-6-8-14-7-4-5-9-15(14)18/h4-12,19,29-30H,13H2,1-3H3. The number of aliphatic hydroxyl groups is 1. The van der Waals surface area contributed by atoms with Gasteiger partial charge in [0.25, 0.3) is 0 Å². The zero-order chi connectivity index (χ0) is 25.1. The van der Waals surface area contributed by atoms with E-state index in [1.807, 2.05) is 0 Å². The number of nitrogens with one attached hydrogen (secondary N) is 1. The van der Waals surface area contributed by atoms with Gasteiger partial charge in [0.05, 0.1) is 18.1 Å². The van der Waals surface area contributed by atoms with Crippen LogP contribution in [0.3, 0.4) is 0 Å². The Morgan fingerprint density at radius 1 is 1.06 bits per heavy atom. The number of fused-ring (bicyclic) bond motifs is 2. The molecule has 0 fully saturated rings. The summed E-state index contributed by atoms with van der Waals surface area (Å²) in [5, 5.41) is 11.6. The van der Waals surface area contributed by atoms with Crippen molar-refractivity contribution in [2.24, 2.45) is 0 Å². The van der Waals surface area contributed by atoms with Gasteiger partial charge in [-0.05, 0) is 34.9 Å². The van der Waals surface area contributed by atoms with Crippen LogP contribution in [0.4, 0.5) is 17.6 Å². The van der Waals surface area contributed by atoms with Gasteiger partial charge < -0.3 is 9.84 Å². The summed E-state index contributed by atoms with van der Waals surface area (Å²) in [6.07, 6.45) is -7.98. The van der Waals surface area contributed by atoms with E-state index < -0.39 is 56.8 Å². The Labute approximate surface area is 194 Å². The molecule has 5 nitrogen and oxygen atoms in total. The van der Waals surface area contributed by atoms with Crippen LogP contribution in [0.15, 0.2) is 59.5 Å². The molecule has 3 aromatic carbocycles. The monoisotopic (exact) mass is 497 g/mol. The Kier molecular flexibility index (Phi) is 5.70. The average molecular weight is 498 g/mol. The summed E-state index contributed by atoms with van der Waals surface area (Å²) in [5.41, 5.74) is -5.35. The number of alkyl halides is 3. The van der Waals surface area contributed by atoms with Crippen molar-refractivity contribution in [1.29, 1.82) is 0 Å². The number of benzene rings is 3. The predicted molar refractivity (Wildman–Crippen MR) is 119 cm³/mol. The van der Waals surface area contributed by atoms with Crippen molar-refractivity contribution in [3.05, 3.63) is 71.5 Å². The minimum Gasteiger partial charge on any atom is -0.493 e. The van der Waals surface area contributed by atoms with Crippen LogP contribution in [0.25, 0.3) is 10.8 Å². The summed E-state index contributed by atoms with van der Waals surface area (Å²) in [4.78, 5) is -0.373. The van der Waals surface area contributed by atoms with E-state index in [1.165, 1.54) is 32.0 Å². The van der Waals surface area contributed by atoms with E-state index in [2.05, 4.69) is 0 Å². The fraction of sp³-hybridized carbons (Fsp3) is 0.333. The summed E-state index contributed by atoms with van der Waals surface area (Å²) >= 11 is 0. The molecular formula is C24H23F4NO4S. The summed E-state index contributed by atoms with van der Waals surface area (Å²) in [5.74, 6) is -1.31. The molecule has 4 rings (SSSR count). The van der Waals surface area contributed by atoms with E-state index in [9.17, 15) is 31.1 Å².